The molecular formula is C18H24N4. The lowest BCUT2D eigenvalue weighted by molar-refractivity contribution is 0.135. The molecule has 2 aromatic heterocycles. The highest BCUT2D eigenvalue weighted by molar-refractivity contribution is 5.17. The molecule has 0 saturated carbocycles. The fourth-order valence-corrected chi connectivity index (χ4v) is 3.38. The number of hydrogen-bond donors (Lipinski definition) is 0. The zero-order valence-corrected chi connectivity index (χ0v) is 13.9. The third-order valence-electron chi connectivity index (χ3n) is 4.55. The van der Waals surface area contributed by atoms with Gasteiger partial charge in [0, 0.05) is 23.6 Å². The Morgan fingerprint density at radius 1 is 1.05 bits per heavy atom. The maximum absolute atomic E-state index is 4.72. The van der Waals surface area contributed by atoms with Crippen LogP contribution in [0.4, 0.5) is 0 Å². The Morgan fingerprint density at radius 2 is 1.77 bits per heavy atom. The molecule has 0 bridgehead atoms. The van der Waals surface area contributed by atoms with Gasteiger partial charge in [0.15, 0.2) is 0 Å². The predicted molar refractivity (Wildman–Crippen MR) is 87.5 cm³/mol. The van der Waals surface area contributed by atoms with Gasteiger partial charge < -0.3 is 0 Å². The summed E-state index contributed by atoms with van der Waals surface area (Å²) in [6.45, 7) is 10.3. The summed E-state index contributed by atoms with van der Waals surface area (Å²) in [5.74, 6) is 0.954. The number of pyridine rings is 1. The molecule has 1 aliphatic heterocycles. The molecular weight excluding hydrogens is 272 g/mol. The largest absolute Gasteiger partial charge is 0.285 e. The van der Waals surface area contributed by atoms with E-state index >= 15 is 0 Å². The molecule has 22 heavy (non-hydrogen) atoms. The van der Waals surface area contributed by atoms with Crippen LogP contribution in [0.2, 0.25) is 0 Å². The Bertz CT molecular complexity index is 662. The van der Waals surface area contributed by atoms with Crippen LogP contribution in [0.1, 0.15) is 48.4 Å². The number of nitrogens with zero attached hydrogens (tertiary/aromatic N) is 4. The number of rotatable bonds is 3. The standard InChI is InChI=1S/C18H24N4/c1-13-7-5-8-16(19-13)12-22-10-6-9-18(22,4)17-20-14(2)11-15(3)21-17/h5,7-8,11H,6,9-10,12H2,1-4H3/t18-/m1/s1. The number of likely N-dealkylation sites (tertiary alicyclic amines) is 1. The van der Waals surface area contributed by atoms with Gasteiger partial charge >= 0.3 is 0 Å². The first-order valence-electron chi connectivity index (χ1n) is 7.98. The van der Waals surface area contributed by atoms with Crippen LogP contribution < -0.4 is 0 Å². The molecule has 4 heteroatoms. The summed E-state index contributed by atoms with van der Waals surface area (Å²) >= 11 is 0. The van der Waals surface area contributed by atoms with Gasteiger partial charge in [-0.05, 0) is 65.3 Å². The van der Waals surface area contributed by atoms with Crippen LogP contribution in [-0.2, 0) is 12.1 Å². The van der Waals surface area contributed by atoms with Gasteiger partial charge in [0.05, 0.1) is 11.2 Å². The van der Waals surface area contributed by atoms with Crippen molar-refractivity contribution in [2.45, 2.75) is 52.6 Å². The average molecular weight is 296 g/mol. The second-order valence-corrected chi connectivity index (χ2v) is 6.54. The van der Waals surface area contributed by atoms with Crippen LogP contribution in [0.15, 0.2) is 24.3 Å². The monoisotopic (exact) mass is 296 g/mol. The van der Waals surface area contributed by atoms with E-state index in [1.807, 2.05) is 32.9 Å². The first-order chi connectivity index (χ1) is 10.5. The predicted octanol–water partition coefficient (Wildman–Crippen LogP) is 3.31. The van der Waals surface area contributed by atoms with E-state index in [2.05, 4.69) is 28.9 Å². The van der Waals surface area contributed by atoms with Crippen molar-refractivity contribution in [1.82, 2.24) is 19.9 Å². The van der Waals surface area contributed by atoms with Gasteiger partial charge in [-0.15, -0.1) is 0 Å². The normalized spacial score (nSPS) is 22.2. The summed E-state index contributed by atoms with van der Waals surface area (Å²) in [5, 5.41) is 0. The summed E-state index contributed by atoms with van der Waals surface area (Å²) in [5.41, 5.74) is 4.19. The Morgan fingerprint density at radius 3 is 2.45 bits per heavy atom. The van der Waals surface area contributed by atoms with Crippen LogP contribution in [0.25, 0.3) is 0 Å². The van der Waals surface area contributed by atoms with E-state index < -0.39 is 0 Å². The van der Waals surface area contributed by atoms with Crippen LogP contribution >= 0.6 is 0 Å². The van der Waals surface area contributed by atoms with Gasteiger partial charge in [0.25, 0.3) is 0 Å². The van der Waals surface area contributed by atoms with E-state index in [4.69, 9.17) is 9.97 Å². The first kappa shape index (κ1) is 15.1. The topological polar surface area (TPSA) is 41.9 Å². The van der Waals surface area contributed by atoms with Crippen LogP contribution in [0.3, 0.4) is 0 Å². The molecule has 0 aromatic carbocycles. The van der Waals surface area contributed by atoms with Gasteiger partial charge in [-0.1, -0.05) is 6.07 Å². The molecule has 1 atom stereocenters. The summed E-state index contributed by atoms with van der Waals surface area (Å²) < 4.78 is 0. The van der Waals surface area contributed by atoms with Gasteiger partial charge in [-0.2, -0.15) is 0 Å². The zero-order valence-electron chi connectivity index (χ0n) is 13.9. The minimum Gasteiger partial charge on any atom is -0.285 e. The number of aromatic nitrogens is 3. The quantitative estimate of drug-likeness (QED) is 0.871. The molecule has 3 heterocycles. The fraction of sp³-hybridized carbons (Fsp3) is 0.500. The van der Waals surface area contributed by atoms with Crippen molar-refractivity contribution in [3.05, 3.63) is 52.9 Å². The molecule has 4 nitrogen and oxygen atoms in total. The second kappa shape index (κ2) is 5.76. The molecule has 0 amide bonds. The summed E-state index contributed by atoms with van der Waals surface area (Å²) in [6, 6.07) is 8.26. The average Bonchev–Trinajstić information content (AvgIpc) is 2.80. The van der Waals surface area contributed by atoms with Crippen molar-refractivity contribution in [2.24, 2.45) is 0 Å². The smallest absolute Gasteiger partial charge is 0.148 e. The van der Waals surface area contributed by atoms with Crippen molar-refractivity contribution in [1.29, 1.82) is 0 Å². The van der Waals surface area contributed by atoms with Crippen molar-refractivity contribution in [2.75, 3.05) is 6.54 Å². The highest BCUT2D eigenvalue weighted by Crippen LogP contribution is 2.37. The third-order valence-corrected chi connectivity index (χ3v) is 4.55. The van der Waals surface area contributed by atoms with Crippen LogP contribution in [0, 0.1) is 20.8 Å². The van der Waals surface area contributed by atoms with Gasteiger partial charge in [-0.3, -0.25) is 9.88 Å². The van der Waals surface area contributed by atoms with E-state index in [-0.39, 0.29) is 5.54 Å². The summed E-state index contributed by atoms with van der Waals surface area (Å²) in [4.78, 5) is 16.6. The van der Waals surface area contributed by atoms with E-state index in [1.54, 1.807) is 0 Å². The molecule has 0 spiro atoms. The van der Waals surface area contributed by atoms with Crippen molar-refractivity contribution in [3.8, 4) is 0 Å². The number of aryl methyl sites for hydroxylation is 3. The fourth-order valence-electron chi connectivity index (χ4n) is 3.38. The molecule has 0 N–H and O–H groups in total. The Labute approximate surface area is 132 Å². The first-order valence-corrected chi connectivity index (χ1v) is 7.98. The maximum atomic E-state index is 4.72. The van der Waals surface area contributed by atoms with Crippen molar-refractivity contribution in [3.63, 3.8) is 0 Å². The molecule has 1 saturated heterocycles. The lowest BCUT2D eigenvalue weighted by Crippen LogP contribution is -2.40. The molecule has 0 aliphatic carbocycles. The van der Waals surface area contributed by atoms with E-state index in [1.165, 1.54) is 6.42 Å². The lowest BCUT2D eigenvalue weighted by atomic mass is 9.97. The third kappa shape index (κ3) is 2.88. The molecule has 0 radical (unpaired) electrons. The Balaban J connectivity index is 1.91. The molecule has 116 valence electrons. The van der Waals surface area contributed by atoms with E-state index in [0.29, 0.717) is 0 Å². The van der Waals surface area contributed by atoms with Gasteiger partial charge in [-0.25, -0.2) is 9.97 Å². The molecule has 2 aromatic rings. The van der Waals surface area contributed by atoms with Crippen LogP contribution in [0.5, 0.6) is 0 Å². The highest BCUT2D eigenvalue weighted by atomic mass is 15.2. The minimum absolute atomic E-state index is 0.0950. The Hall–Kier alpha value is -1.81. The summed E-state index contributed by atoms with van der Waals surface area (Å²) in [7, 11) is 0. The molecule has 3 rings (SSSR count). The van der Waals surface area contributed by atoms with Crippen molar-refractivity contribution < 1.29 is 0 Å². The second-order valence-electron chi connectivity index (χ2n) is 6.54. The van der Waals surface area contributed by atoms with Gasteiger partial charge in [0.1, 0.15) is 5.82 Å². The molecule has 0 unspecified atom stereocenters. The van der Waals surface area contributed by atoms with E-state index in [9.17, 15) is 0 Å². The van der Waals surface area contributed by atoms with E-state index in [0.717, 1.165) is 48.1 Å². The minimum atomic E-state index is -0.0950. The number of hydrogen-bond acceptors (Lipinski definition) is 4. The molecule has 1 aliphatic rings. The molecule has 1 fully saturated rings. The van der Waals surface area contributed by atoms with Gasteiger partial charge in [0.2, 0.25) is 0 Å². The highest BCUT2D eigenvalue weighted by Gasteiger charge is 2.40. The van der Waals surface area contributed by atoms with Crippen molar-refractivity contribution >= 4 is 0 Å². The zero-order chi connectivity index (χ0) is 15.7. The van der Waals surface area contributed by atoms with Crippen LogP contribution in [-0.4, -0.2) is 26.4 Å². The maximum Gasteiger partial charge on any atom is 0.148 e. The summed E-state index contributed by atoms with van der Waals surface area (Å²) in [6.07, 6.45) is 2.28. The SMILES string of the molecule is Cc1cccc(CN2CCC[C@]2(C)c2nc(C)cc(C)n2)n1. The lowest BCUT2D eigenvalue weighted by Gasteiger charge is -2.34. The Kier molecular flexibility index (Phi) is 3.96.